The maximum absolute atomic E-state index is 9.69. The molecule has 0 aliphatic heterocycles. The lowest BCUT2D eigenvalue weighted by Crippen LogP contribution is -2.51. The van der Waals surface area contributed by atoms with Crippen molar-refractivity contribution < 1.29 is 5.11 Å². The zero-order valence-corrected chi connectivity index (χ0v) is 10.6. The van der Waals surface area contributed by atoms with Gasteiger partial charge in [0, 0.05) is 24.5 Å². The lowest BCUT2D eigenvalue weighted by Gasteiger charge is -2.35. The smallest absolute Gasteiger partial charge is 0.0945 e. The number of nitrogens with one attached hydrogen (secondary N) is 1. The maximum Gasteiger partial charge on any atom is 0.0945 e. The molecule has 96 valence electrons. The Kier molecular flexibility index (Phi) is 4.18. The molecule has 0 saturated heterocycles. The van der Waals surface area contributed by atoms with Crippen LogP contribution in [0, 0.1) is 5.92 Å². The largest absolute Gasteiger partial charge is 0.394 e. The number of aliphatic hydroxyl groups excluding tert-OH is 1. The molecule has 0 radical (unpaired) electrons. The van der Waals surface area contributed by atoms with E-state index < -0.39 is 0 Å². The SMILES string of the molecule is CCNC1(CO)CCCC1CCn1ccnc1. The maximum atomic E-state index is 9.69. The molecule has 2 atom stereocenters. The second kappa shape index (κ2) is 5.65. The number of hydrogen-bond acceptors (Lipinski definition) is 3. The summed E-state index contributed by atoms with van der Waals surface area (Å²) in [5, 5.41) is 13.2. The number of likely N-dealkylation sites (N-methyl/N-ethyl adjacent to an activating group) is 1. The lowest BCUT2D eigenvalue weighted by atomic mass is 9.85. The highest BCUT2D eigenvalue weighted by atomic mass is 16.3. The van der Waals surface area contributed by atoms with Crippen LogP contribution < -0.4 is 5.32 Å². The molecule has 1 aliphatic rings. The number of nitrogens with zero attached hydrogens (tertiary/aromatic N) is 2. The predicted molar refractivity (Wildman–Crippen MR) is 67.7 cm³/mol. The second-order valence-electron chi connectivity index (χ2n) is 5.02. The first-order valence-electron chi connectivity index (χ1n) is 6.62. The molecule has 0 spiro atoms. The summed E-state index contributed by atoms with van der Waals surface area (Å²) >= 11 is 0. The van der Waals surface area contributed by atoms with Crippen LogP contribution >= 0.6 is 0 Å². The summed E-state index contributed by atoms with van der Waals surface area (Å²) in [6, 6.07) is 0. The molecular weight excluding hydrogens is 214 g/mol. The average Bonchev–Trinajstić information content (AvgIpc) is 2.96. The van der Waals surface area contributed by atoms with Crippen molar-refractivity contribution >= 4 is 0 Å². The quantitative estimate of drug-likeness (QED) is 0.786. The van der Waals surface area contributed by atoms with E-state index in [-0.39, 0.29) is 12.1 Å². The van der Waals surface area contributed by atoms with Crippen LogP contribution in [0.15, 0.2) is 18.7 Å². The van der Waals surface area contributed by atoms with Gasteiger partial charge >= 0.3 is 0 Å². The number of aryl methyl sites for hydroxylation is 1. The predicted octanol–water partition coefficient (Wildman–Crippen LogP) is 1.41. The summed E-state index contributed by atoms with van der Waals surface area (Å²) < 4.78 is 2.12. The second-order valence-corrected chi connectivity index (χ2v) is 5.02. The van der Waals surface area contributed by atoms with Crippen molar-refractivity contribution in [2.75, 3.05) is 13.2 Å². The third-order valence-corrected chi connectivity index (χ3v) is 4.06. The number of imidazole rings is 1. The van der Waals surface area contributed by atoms with Crippen molar-refractivity contribution in [3.05, 3.63) is 18.7 Å². The fourth-order valence-corrected chi connectivity index (χ4v) is 3.14. The first kappa shape index (κ1) is 12.6. The Labute approximate surface area is 103 Å². The molecule has 4 nitrogen and oxygen atoms in total. The van der Waals surface area contributed by atoms with Crippen LogP contribution in [0.5, 0.6) is 0 Å². The highest BCUT2D eigenvalue weighted by molar-refractivity contribution is 4.98. The molecule has 0 amide bonds. The third-order valence-electron chi connectivity index (χ3n) is 4.06. The molecule has 1 heterocycles. The average molecular weight is 237 g/mol. The summed E-state index contributed by atoms with van der Waals surface area (Å²) in [4.78, 5) is 4.06. The van der Waals surface area contributed by atoms with Crippen molar-refractivity contribution in [3.63, 3.8) is 0 Å². The molecule has 2 N–H and O–H groups in total. The Morgan fingerprint density at radius 2 is 2.47 bits per heavy atom. The number of aromatic nitrogens is 2. The number of rotatable bonds is 6. The number of hydrogen-bond donors (Lipinski definition) is 2. The van der Waals surface area contributed by atoms with E-state index in [1.165, 1.54) is 12.8 Å². The molecule has 1 fully saturated rings. The molecule has 1 aromatic heterocycles. The Morgan fingerprint density at radius 1 is 1.59 bits per heavy atom. The standard InChI is InChI=1S/C13H23N3O/c1-2-15-13(10-17)6-3-4-12(13)5-8-16-9-7-14-11-16/h7,9,11-12,15,17H,2-6,8,10H2,1H3. The Morgan fingerprint density at radius 3 is 3.12 bits per heavy atom. The molecular formula is C13H23N3O. The molecule has 1 saturated carbocycles. The van der Waals surface area contributed by atoms with Gasteiger partial charge in [-0.2, -0.15) is 0 Å². The molecule has 0 bridgehead atoms. The van der Waals surface area contributed by atoms with E-state index in [1.807, 2.05) is 18.7 Å². The minimum Gasteiger partial charge on any atom is -0.394 e. The number of aliphatic hydroxyl groups is 1. The van der Waals surface area contributed by atoms with Gasteiger partial charge in [-0.3, -0.25) is 0 Å². The highest BCUT2D eigenvalue weighted by Gasteiger charge is 2.41. The summed E-state index contributed by atoms with van der Waals surface area (Å²) in [5.74, 6) is 0.579. The molecule has 4 heteroatoms. The van der Waals surface area contributed by atoms with Crippen molar-refractivity contribution in [1.82, 2.24) is 14.9 Å². The van der Waals surface area contributed by atoms with Crippen LogP contribution in [0.2, 0.25) is 0 Å². The van der Waals surface area contributed by atoms with Gasteiger partial charge in [0.25, 0.3) is 0 Å². The lowest BCUT2D eigenvalue weighted by molar-refractivity contribution is 0.118. The Hall–Kier alpha value is -0.870. The van der Waals surface area contributed by atoms with Crippen LogP contribution in [-0.2, 0) is 6.54 Å². The van der Waals surface area contributed by atoms with Gasteiger partial charge in [0.2, 0.25) is 0 Å². The van der Waals surface area contributed by atoms with Crippen LogP contribution in [0.1, 0.15) is 32.6 Å². The van der Waals surface area contributed by atoms with Crippen LogP contribution in [-0.4, -0.2) is 33.3 Å². The topological polar surface area (TPSA) is 50.1 Å². The molecule has 1 aromatic rings. The summed E-state index contributed by atoms with van der Waals surface area (Å²) in [6.45, 7) is 4.30. The van der Waals surface area contributed by atoms with E-state index in [2.05, 4.69) is 21.8 Å². The van der Waals surface area contributed by atoms with Gasteiger partial charge in [0.05, 0.1) is 12.9 Å². The zero-order valence-electron chi connectivity index (χ0n) is 10.6. The van der Waals surface area contributed by atoms with E-state index in [4.69, 9.17) is 0 Å². The first-order valence-corrected chi connectivity index (χ1v) is 6.62. The van der Waals surface area contributed by atoms with Crippen molar-refractivity contribution in [3.8, 4) is 0 Å². The van der Waals surface area contributed by atoms with Gasteiger partial charge in [-0.15, -0.1) is 0 Å². The molecule has 17 heavy (non-hydrogen) atoms. The van der Waals surface area contributed by atoms with Gasteiger partial charge < -0.3 is 15.0 Å². The van der Waals surface area contributed by atoms with Gasteiger partial charge in [0.15, 0.2) is 0 Å². The van der Waals surface area contributed by atoms with E-state index >= 15 is 0 Å². The van der Waals surface area contributed by atoms with Crippen molar-refractivity contribution in [2.24, 2.45) is 5.92 Å². The molecule has 2 rings (SSSR count). The van der Waals surface area contributed by atoms with E-state index in [0.717, 1.165) is 25.9 Å². The van der Waals surface area contributed by atoms with Crippen molar-refractivity contribution in [1.29, 1.82) is 0 Å². The first-order chi connectivity index (χ1) is 8.30. The van der Waals surface area contributed by atoms with Gasteiger partial charge in [-0.05, 0) is 31.7 Å². The Bertz CT molecular complexity index is 325. The summed E-state index contributed by atoms with van der Waals surface area (Å²) in [7, 11) is 0. The van der Waals surface area contributed by atoms with Gasteiger partial charge in [-0.1, -0.05) is 13.3 Å². The monoisotopic (exact) mass is 237 g/mol. The summed E-state index contributed by atoms with van der Waals surface area (Å²) in [6.07, 6.45) is 10.4. The molecule has 0 aromatic carbocycles. The fraction of sp³-hybridized carbons (Fsp3) is 0.769. The van der Waals surface area contributed by atoms with Crippen LogP contribution in [0.3, 0.4) is 0 Å². The van der Waals surface area contributed by atoms with Crippen molar-refractivity contribution in [2.45, 2.75) is 44.7 Å². The summed E-state index contributed by atoms with van der Waals surface area (Å²) in [5.41, 5.74) is -0.0324. The third kappa shape index (κ3) is 2.69. The van der Waals surface area contributed by atoms with Crippen LogP contribution in [0.4, 0.5) is 0 Å². The van der Waals surface area contributed by atoms with Crippen LogP contribution in [0.25, 0.3) is 0 Å². The van der Waals surface area contributed by atoms with Gasteiger partial charge in [-0.25, -0.2) is 4.98 Å². The fourth-order valence-electron chi connectivity index (χ4n) is 3.14. The minimum atomic E-state index is -0.0324. The normalized spacial score (nSPS) is 28.7. The Balaban J connectivity index is 1.94. The molecule has 1 aliphatic carbocycles. The van der Waals surface area contributed by atoms with E-state index in [1.54, 1.807) is 0 Å². The molecule has 2 unspecified atom stereocenters. The van der Waals surface area contributed by atoms with E-state index in [9.17, 15) is 5.11 Å². The minimum absolute atomic E-state index is 0.0324. The van der Waals surface area contributed by atoms with Gasteiger partial charge in [0.1, 0.15) is 0 Å². The van der Waals surface area contributed by atoms with E-state index in [0.29, 0.717) is 5.92 Å². The highest BCUT2D eigenvalue weighted by Crippen LogP contribution is 2.37. The zero-order chi connectivity index (χ0) is 12.1.